The second-order valence-corrected chi connectivity index (χ2v) is 15.1. The highest BCUT2D eigenvalue weighted by molar-refractivity contribution is 7.47. The molecule has 0 aromatic carbocycles. The van der Waals surface area contributed by atoms with Crippen LogP contribution in [0.2, 0.25) is 0 Å². The van der Waals surface area contributed by atoms with E-state index in [0.717, 1.165) is 0 Å². The Balaban J connectivity index is 1.18. The molecule has 11 N–H and O–H groups in total. The first kappa shape index (κ1) is 45.1. The van der Waals surface area contributed by atoms with Gasteiger partial charge in [0.2, 0.25) is 0 Å². The fraction of sp³-hybridized carbons (Fsp3) is 0.655. The van der Waals surface area contributed by atoms with Crippen molar-refractivity contribution >= 4 is 49.6 Å². The first-order chi connectivity index (χ1) is 28.4. The predicted octanol–water partition coefficient (Wildman–Crippen LogP) is -2.09. The van der Waals surface area contributed by atoms with Crippen molar-refractivity contribution in [1.29, 1.82) is 0 Å². The van der Waals surface area contributed by atoms with E-state index in [9.17, 15) is 23.8 Å². The number of phosphoric ester groups is 2. The third kappa shape index (κ3) is 11.7. The van der Waals surface area contributed by atoms with E-state index in [2.05, 4.69) is 29.9 Å². The van der Waals surface area contributed by atoms with Gasteiger partial charge in [0.25, 0.3) is 0 Å². The van der Waals surface area contributed by atoms with Gasteiger partial charge in [-0.15, -0.1) is 0 Å². The van der Waals surface area contributed by atoms with Crippen LogP contribution in [0, 0.1) is 0 Å². The van der Waals surface area contributed by atoms with Gasteiger partial charge in [-0.25, -0.2) is 39.0 Å². The fourth-order valence-electron chi connectivity index (χ4n) is 6.07. The second kappa shape index (κ2) is 20.9. The van der Waals surface area contributed by atoms with Gasteiger partial charge in [0.1, 0.15) is 67.8 Å². The molecule has 3 unspecified atom stereocenters. The standard InChI is InChI=1S/C29H46N12O16P2/c30-1-3-47-5-7-49-15-52-22-18(9-51-28(22)40-13-38-19-24(32)34-11-36-26(19)40)56-59(45,46)54-10-17-21(57-58(42,43)44)23(53-16-50-8-6-48-4-2-31)29(55-17)41-14-39-20-25(33)35-12-37-27(20)41/h11-14,17-18,21-23,28-29H,1-10,15-16,30-31H2,(H,45,46)(H2,32,34,36)(H2,33,35,37)(H2,42,43,44)/t17-,18+,21+,22?,23?,28-,29-/m1/s1. The van der Waals surface area contributed by atoms with Gasteiger partial charge in [0.05, 0.1) is 65.5 Å². The number of ether oxygens (including phenoxy) is 8. The molecular weight excluding hydrogens is 834 g/mol. The summed E-state index contributed by atoms with van der Waals surface area (Å²) in [5.41, 5.74) is 23.7. The van der Waals surface area contributed by atoms with E-state index in [1.54, 1.807) is 0 Å². The third-order valence-electron chi connectivity index (χ3n) is 8.57. The molecule has 0 radical (unpaired) electrons. The summed E-state index contributed by atoms with van der Waals surface area (Å²) in [6, 6.07) is 0. The number of hydrogen-bond acceptors (Lipinski definition) is 23. The molecule has 4 aromatic heterocycles. The zero-order valence-corrected chi connectivity index (χ0v) is 33.1. The summed E-state index contributed by atoms with van der Waals surface area (Å²) >= 11 is 0. The van der Waals surface area contributed by atoms with Crippen molar-refractivity contribution in [2.45, 2.75) is 43.0 Å². The van der Waals surface area contributed by atoms with E-state index in [4.69, 9.17) is 74.4 Å². The van der Waals surface area contributed by atoms with Crippen LogP contribution in [0.1, 0.15) is 12.5 Å². The molecule has 6 heterocycles. The third-order valence-corrected chi connectivity index (χ3v) is 10.1. The van der Waals surface area contributed by atoms with Crippen molar-refractivity contribution in [2.75, 3.05) is 91.0 Å². The molecular formula is C29H46N12O16P2. The average Bonchev–Trinajstić information content (AvgIpc) is 3.98. The lowest BCUT2D eigenvalue weighted by molar-refractivity contribution is -0.142. The Hall–Kier alpha value is -3.48. The molecule has 30 heteroatoms. The minimum absolute atomic E-state index is 0.0356. The molecule has 0 bridgehead atoms. The van der Waals surface area contributed by atoms with Crippen LogP contribution >= 0.6 is 15.6 Å². The lowest BCUT2D eigenvalue weighted by Gasteiger charge is -2.26. The Morgan fingerprint density at radius 2 is 1.24 bits per heavy atom. The second-order valence-electron chi connectivity index (χ2n) is 12.5. The molecule has 2 saturated heterocycles. The van der Waals surface area contributed by atoms with E-state index in [0.29, 0.717) is 26.3 Å². The van der Waals surface area contributed by atoms with Gasteiger partial charge in [-0.1, -0.05) is 0 Å². The van der Waals surface area contributed by atoms with Crippen LogP contribution in [0.4, 0.5) is 11.6 Å². The number of nitrogens with two attached hydrogens (primary N) is 4. The highest BCUT2D eigenvalue weighted by Crippen LogP contribution is 2.50. The number of rotatable bonds is 25. The highest BCUT2D eigenvalue weighted by Gasteiger charge is 2.52. The van der Waals surface area contributed by atoms with E-state index in [1.165, 1.54) is 34.4 Å². The van der Waals surface area contributed by atoms with Crippen molar-refractivity contribution in [3.05, 3.63) is 25.3 Å². The van der Waals surface area contributed by atoms with Crippen molar-refractivity contribution in [3.8, 4) is 0 Å². The Bertz CT molecular complexity index is 2040. The van der Waals surface area contributed by atoms with Gasteiger partial charge in [0.15, 0.2) is 35.4 Å². The summed E-state index contributed by atoms with van der Waals surface area (Å²) in [4.78, 5) is 55.7. The normalized spacial score (nSPS) is 24.7. The van der Waals surface area contributed by atoms with Gasteiger partial charge in [0, 0.05) is 13.1 Å². The van der Waals surface area contributed by atoms with Gasteiger partial charge < -0.3 is 75.5 Å². The summed E-state index contributed by atoms with van der Waals surface area (Å²) in [7, 11) is -10.4. The number of nitrogen functional groups attached to an aromatic ring is 2. The maximum absolute atomic E-state index is 13.6. The predicted molar refractivity (Wildman–Crippen MR) is 197 cm³/mol. The molecule has 2 aliphatic rings. The van der Waals surface area contributed by atoms with Crippen LogP contribution in [-0.2, 0) is 60.6 Å². The molecule has 8 atom stereocenters. The maximum atomic E-state index is 13.6. The maximum Gasteiger partial charge on any atom is 0.472 e. The SMILES string of the molecule is NCCOCCOCOC1[C@@H](OP(=O)(O)OC[C@H]2O[C@@H](n3cnc4c(N)ncnc43)C(OCOCCOCCN)[C@H]2OP(=O)(O)O)CO[C@H]1n1cnc2c(N)ncnc21. The summed E-state index contributed by atoms with van der Waals surface area (Å²) < 4.78 is 90.4. The zero-order valence-electron chi connectivity index (χ0n) is 31.3. The van der Waals surface area contributed by atoms with Crippen LogP contribution < -0.4 is 22.9 Å². The summed E-state index contributed by atoms with van der Waals surface area (Å²) in [5, 5.41) is 0. The minimum atomic E-state index is -5.28. The molecule has 59 heavy (non-hydrogen) atoms. The number of imidazole rings is 2. The van der Waals surface area contributed by atoms with Crippen molar-refractivity contribution in [1.82, 2.24) is 39.0 Å². The van der Waals surface area contributed by atoms with Crippen molar-refractivity contribution < 1.29 is 75.3 Å². The topological polar surface area (TPSA) is 388 Å². The molecule has 0 amide bonds. The van der Waals surface area contributed by atoms with E-state index in [-0.39, 0.29) is 73.8 Å². The molecule has 2 aliphatic heterocycles. The summed E-state index contributed by atoms with van der Waals surface area (Å²) in [5.74, 6) is 0.142. The minimum Gasteiger partial charge on any atom is -0.382 e. The first-order valence-corrected chi connectivity index (χ1v) is 20.9. The number of aromatic nitrogens is 8. The summed E-state index contributed by atoms with van der Waals surface area (Å²) in [6.45, 7) is 0.0132. The van der Waals surface area contributed by atoms with Gasteiger partial charge >= 0.3 is 15.6 Å². The molecule has 328 valence electrons. The van der Waals surface area contributed by atoms with Crippen LogP contribution in [0.15, 0.2) is 25.3 Å². The lowest BCUT2D eigenvalue weighted by atomic mass is 10.1. The zero-order chi connectivity index (χ0) is 42.0. The molecule has 0 spiro atoms. The Morgan fingerprint density at radius 1 is 0.695 bits per heavy atom. The summed E-state index contributed by atoms with van der Waals surface area (Å²) in [6.07, 6.45) is -4.16. The fourth-order valence-corrected chi connectivity index (χ4v) is 7.57. The first-order valence-electron chi connectivity index (χ1n) is 17.9. The van der Waals surface area contributed by atoms with Crippen LogP contribution in [0.3, 0.4) is 0 Å². The van der Waals surface area contributed by atoms with Crippen LogP contribution in [0.5, 0.6) is 0 Å². The Kier molecular flexibility index (Phi) is 15.9. The monoisotopic (exact) mass is 880 g/mol. The Labute approximate surface area is 334 Å². The molecule has 0 saturated carbocycles. The average molecular weight is 881 g/mol. The van der Waals surface area contributed by atoms with Gasteiger partial charge in [-0.2, -0.15) is 0 Å². The molecule has 28 nitrogen and oxygen atoms in total. The van der Waals surface area contributed by atoms with Gasteiger partial charge in [-0.05, 0) is 0 Å². The lowest BCUT2D eigenvalue weighted by Crippen LogP contribution is -2.38. The molecule has 4 aromatic rings. The highest BCUT2D eigenvalue weighted by atomic mass is 31.2. The largest absolute Gasteiger partial charge is 0.472 e. The Morgan fingerprint density at radius 3 is 1.80 bits per heavy atom. The molecule has 6 rings (SSSR count). The van der Waals surface area contributed by atoms with Crippen molar-refractivity contribution in [2.24, 2.45) is 11.5 Å². The number of fused-ring (bicyclic) bond motifs is 2. The van der Waals surface area contributed by atoms with Crippen LogP contribution in [0.25, 0.3) is 22.3 Å². The smallest absolute Gasteiger partial charge is 0.382 e. The molecule has 2 fully saturated rings. The number of anilines is 2. The van der Waals surface area contributed by atoms with Crippen LogP contribution in [-0.4, -0.2) is 164 Å². The van der Waals surface area contributed by atoms with E-state index >= 15 is 0 Å². The number of nitrogens with zero attached hydrogens (tertiary/aromatic N) is 8. The van der Waals surface area contributed by atoms with E-state index in [1.807, 2.05) is 0 Å². The molecule has 0 aliphatic carbocycles. The van der Waals surface area contributed by atoms with Gasteiger partial charge in [-0.3, -0.25) is 22.7 Å². The number of phosphoric acid groups is 2. The quantitative estimate of drug-likeness (QED) is 0.0213. The van der Waals surface area contributed by atoms with Crippen molar-refractivity contribution in [3.63, 3.8) is 0 Å². The number of hydrogen-bond donors (Lipinski definition) is 7. The van der Waals surface area contributed by atoms with E-state index < -0.39 is 72.0 Å².